The highest BCUT2D eigenvalue weighted by Crippen LogP contribution is 2.35. The van der Waals surface area contributed by atoms with Crippen molar-refractivity contribution in [2.45, 2.75) is 84.8 Å². The fraction of sp³-hybridized carbons (Fsp3) is 0.333. The number of nitrogens with one attached hydrogen (secondary N) is 3. The van der Waals surface area contributed by atoms with Crippen LogP contribution in [0.3, 0.4) is 0 Å². The summed E-state index contributed by atoms with van der Waals surface area (Å²) in [6.07, 6.45) is 5.62. The lowest BCUT2D eigenvalue weighted by Crippen LogP contribution is -2.43. The summed E-state index contributed by atoms with van der Waals surface area (Å²) in [6, 6.07) is 34.6. The minimum absolute atomic E-state index is 0.0157. The van der Waals surface area contributed by atoms with Gasteiger partial charge in [0.1, 0.15) is 17.7 Å². The van der Waals surface area contributed by atoms with Gasteiger partial charge in [-0.3, -0.25) is 14.5 Å². The van der Waals surface area contributed by atoms with Gasteiger partial charge in [0.2, 0.25) is 11.8 Å². The fourth-order valence-corrected chi connectivity index (χ4v) is 8.06. The van der Waals surface area contributed by atoms with Crippen molar-refractivity contribution in [2.75, 3.05) is 19.6 Å². The second-order valence-corrected chi connectivity index (χ2v) is 15.2. The summed E-state index contributed by atoms with van der Waals surface area (Å²) in [4.78, 5) is 48.3. The largest absolute Gasteiger partial charge is 0.346 e. The van der Waals surface area contributed by atoms with Crippen LogP contribution in [0, 0.1) is 0 Å². The molecule has 0 radical (unpaired) electrons. The smallest absolute Gasteiger partial charge is 0.244 e. The van der Waals surface area contributed by atoms with Gasteiger partial charge in [-0.15, -0.1) is 0 Å². The van der Waals surface area contributed by atoms with Gasteiger partial charge in [0.25, 0.3) is 0 Å². The predicted octanol–water partition coefficient (Wildman–Crippen LogP) is 9.43. The first-order chi connectivity index (χ1) is 27.8. The number of amides is 2. The van der Waals surface area contributed by atoms with Gasteiger partial charge < -0.3 is 20.2 Å². The van der Waals surface area contributed by atoms with Crippen molar-refractivity contribution in [1.82, 2.24) is 35.1 Å². The summed E-state index contributed by atoms with van der Waals surface area (Å²) in [6.45, 7) is 12.9. The fourth-order valence-electron chi connectivity index (χ4n) is 8.06. The number of aromatic amines is 2. The third kappa shape index (κ3) is 8.79. The summed E-state index contributed by atoms with van der Waals surface area (Å²) < 4.78 is 0. The highest BCUT2D eigenvalue weighted by Gasteiger charge is 2.30. The Labute approximate surface area is 337 Å². The number of hydrogen-bond donors (Lipinski definition) is 3. The van der Waals surface area contributed by atoms with E-state index in [4.69, 9.17) is 9.97 Å². The Balaban J connectivity index is 1.04. The number of H-pyrrole nitrogens is 2. The number of hydrogen-bond acceptors (Lipinski definition) is 5. The van der Waals surface area contributed by atoms with Crippen LogP contribution in [0.4, 0.5) is 0 Å². The quantitative estimate of drug-likeness (QED) is 0.0967. The van der Waals surface area contributed by atoms with Crippen LogP contribution in [0.5, 0.6) is 0 Å². The van der Waals surface area contributed by atoms with Crippen molar-refractivity contribution >= 4 is 11.8 Å². The van der Waals surface area contributed by atoms with E-state index in [9.17, 15) is 9.59 Å². The Bertz CT molecular complexity index is 2260. The van der Waals surface area contributed by atoms with Gasteiger partial charge in [-0.2, -0.15) is 0 Å². The number of aryl methyl sites for hydroxylation is 2. The zero-order valence-electron chi connectivity index (χ0n) is 33.9. The third-order valence-electron chi connectivity index (χ3n) is 11.3. The van der Waals surface area contributed by atoms with Crippen LogP contribution in [-0.2, 0) is 29.0 Å². The van der Waals surface area contributed by atoms with Gasteiger partial charge in [0, 0.05) is 17.8 Å². The summed E-state index contributed by atoms with van der Waals surface area (Å²) in [5.74, 6) is 1.39. The molecule has 3 atom stereocenters. The van der Waals surface area contributed by atoms with Crippen molar-refractivity contribution in [1.29, 1.82) is 0 Å². The van der Waals surface area contributed by atoms with Gasteiger partial charge in [0.05, 0.1) is 36.1 Å². The summed E-state index contributed by atoms with van der Waals surface area (Å²) >= 11 is 0. The molecule has 9 nitrogen and oxygen atoms in total. The normalized spacial score (nSPS) is 13.9. The number of aromatic nitrogens is 4. The summed E-state index contributed by atoms with van der Waals surface area (Å²) in [5.41, 5.74) is 10.8. The van der Waals surface area contributed by atoms with E-state index >= 15 is 0 Å². The second kappa shape index (κ2) is 18.0. The topological polar surface area (TPSA) is 110 Å². The Morgan fingerprint density at radius 3 is 2.14 bits per heavy atom. The molecule has 3 N–H and O–H groups in total. The zero-order chi connectivity index (χ0) is 39.9. The second-order valence-electron chi connectivity index (χ2n) is 15.2. The molecular formula is C48H55N7O2. The van der Waals surface area contributed by atoms with Gasteiger partial charge in [-0.1, -0.05) is 124 Å². The Kier molecular flexibility index (Phi) is 12.4. The lowest BCUT2D eigenvalue weighted by Gasteiger charge is -2.33. The molecule has 0 aliphatic heterocycles. The molecular weight excluding hydrogens is 707 g/mol. The molecule has 2 aromatic heterocycles. The minimum atomic E-state index is -0.334. The summed E-state index contributed by atoms with van der Waals surface area (Å²) in [5, 5.41) is 3.17. The average Bonchev–Trinajstić information content (AvgIpc) is 3.86. The van der Waals surface area contributed by atoms with E-state index in [2.05, 4.69) is 95.6 Å². The molecule has 0 saturated carbocycles. The Morgan fingerprint density at radius 2 is 1.46 bits per heavy atom. The van der Waals surface area contributed by atoms with Crippen LogP contribution >= 0.6 is 0 Å². The van der Waals surface area contributed by atoms with Crippen molar-refractivity contribution in [3.8, 4) is 33.6 Å². The molecule has 294 valence electrons. The molecule has 6 aromatic rings. The van der Waals surface area contributed by atoms with Crippen LogP contribution in [-0.4, -0.2) is 61.2 Å². The predicted molar refractivity (Wildman–Crippen MR) is 228 cm³/mol. The molecule has 0 fully saturated rings. The third-order valence-corrected chi connectivity index (χ3v) is 11.3. The van der Waals surface area contributed by atoms with Gasteiger partial charge in [-0.05, 0) is 86.0 Å². The number of fused-ring (bicyclic) bond motifs is 3. The number of nitrogens with zero attached hydrogens (tertiary/aromatic N) is 4. The number of benzene rings is 4. The van der Waals surface area contributed by atoms with Gasteiger partial charge in [-0.25, -0.2) is 9.97 Å². The zero-order valence-corrected chi connectivity index (χ0v) is 33.9. The number of carbonyl (C=O) groups excluding carboxylic acids is 2. The van der Waals surface area contributed by atoms with Crippen LogP contribution in [0.1, 0.15) is 99.5 Å². The molecule has 0 bridgehead atoms. The molecule has 1 aliphatic rings. The average molecular weight is 762 g/mol. The molecule has 57 heavy (non-hydrogen) atoms. The molecule has 0 unspecified atom stereocenters. The van der Waals surface area contributed by atoms with Crippen LogP contribution in [0.25, 0.3) is 33.6 Å². The van der Waals surface area contributed by atoms with Gasteiger partial charge >= 0.3 is 0 Å². The maximum Gasteiger partial charge on any atom is 0.244 e. The van der Waals surface area contributed by atoms with Crippen LogP contribution < -0.4 is 5.32 Å². The number of imidazole rings is 2. The van der Waals surface area contributed by atoms with Crippen molar-refractivity contribution in [3.05, 3.63) is 143 Å². The van der Waals surface area contributed by atoms with E-state index < -0.39 is 0 Å². The van der Waals surface area contributed by atoms with E-state index in [1.165, 1.54) is 5.56 Å². The van der Waals surface area contributed by atoms with E-state index in [1.54, 1.807) is 0 Å². The van der Waals surface area contributed by atoms with E-state index in [-0.39, 0.29) is 29.8 Å². The molecule has 4 aromatic carbocycles. The standard InChI is InChI=1S/C48H55N7O2/c1-6-28-55(48(57)45(54(7-2)8-3)37-18-13-10-14-19-37)31-43-49-30-42(51-43)36-24-22-35(23-25-36)38-26-27-40-39(29-38)20-15-21-41-44(40)53-46(52-41)33(5)50-47(56)32(4)34-16-11-9-12-17-34/h9-14,16-19,22-27,29-30,32-33,45H,6-8,15,20-21,28,31H2,1-5H3,(H,49,51)(H,50,56)(H,52,53)/t32-,33+,45-/m1/s1. The number of likely N-dealkylation sites (N-methyl/N-ethyl adjacent to an activating group) is 1. The molecule has 0 spiro atoms. The molecule has 1 aliphatic carbocycles. The van der Waals surface area contributed by atoms with E-state index in [0.717, 1.165) is 101 Å². The molecule has 7 rings (SSSR count). The molecule has 0 saturated heterocycles. The van der Waals surface area contributed by atoms with E-state index in [0.29, 0.717) is 13.1 Å². The molecule has 2 amide bonds. The highest BCUT2D eigenvalue weighted by molar-refractivity contribution is 5.84. The highest BCUT2D eigenvalue weighted by atomic mass is 16.2. The first kappa shape index (κ1) is 39.4. The number of carbonyl (C=O) groups is 2. The first-order valence-electron chi connectivity index (χ1n) is 20.6. The summed E-state index contributed by atoms with van der Waals surface area (Å²) in [7, 11) is 0. The van der Waals surface area contributed by atoms with Crippen molar-refractivity contribution < 1.29 is 9.59 Å². The van der Waals surface area contributed by atoms with Gasteiger partial charge in [0.15, 0.2) is 0 Å². The van der Waals surface area contributed by atoms with Crippen molar-refractivity contribution in [2.24, 2.45) is 0 Å². The lowest BCUT2D eigenvalue weighted by atomic mass is 9.95. The Hall–Kier alpha value is -5.80. The van der Waals surface area contributed by atoms with E-state index in [1.807, 2.05) is 73.5 Å². The van der Waals surface area contributed by atoms with Crippen molar-refractivity contribution in [3.63, 3.8) is 0 Å². The SMILES string of the molecule is CCCN(Cc1ncc(-c2ccc(-c3ccc4c(c3)CCCc3[nH]c([C@H](C)NC(=O)[C@H](C)c5ccccc5)nc3-4)cc2)[nH]1)C(=O)[C@@H](c1ccccc1)N(CC)CC. The first-order valence-corrected chi connectivity index (χ1v) is 20.6. The Morgan fingerprint density at radius 1 is 0.789 bits per heavy atom. The minimum Gasteiger partial charge on any atom is -0.346 e. The van der Waals surface area contributed by atoms with Crippen LogP contribution in [0.2, 0.25) is 0 Å². The maximum atomic E-state index is 14.2. The lowest BCUT2D eigenvalue weighted by molar-refractivity contribution is -0.138. The van der Waals surface area contributed by atoms with Crippen LogP contribution in [0.15, 0.2) is 109 Å². The molecule has 9 heteroatoms. The monoisotopic (exact) mass is 761 g/mol. The number of rotatable bonds is 15. The maximum absolute atomic E-state index is 14.2. The molecule has 2 heterocycles.